The molecule has 1 fully saturated rings. The summed E-state index contributed by atoms with van der Waals surface area (Å²) in [6.07, 6.45) is 4.86. The van der Waals surface area contributed by atoms with Gasteiger partial charge in [0.05, 0.1) is 4.88 Å². The first-order valence-corrected chi connectivity index (χ1v) is 6.86. The highest BCUT2D eigenvalue weighted by Gasteiger charge is 2.19. The summed E-state index contributed by atoms with van der Waals surface area (Å²) in [5.74, 6) is 0.239. The number of hydrogen-bond donors (Lipinski definition) is 0. The van der Waals surface area contributed by atoms with Crippen molar-refractivity contribution in [1.29, 1.82) is 0 Å². The zero-order valence-electron chi connectivity index (χ0n) is 10.1. The van der Waals surface area contributed by atoms with Gasteiger partial charge in [0.1, 0.15) is 0 Å². The van der Waals surface area contributed by atoms with Crippen molar-refractivity contribution in [2.45, 2.75) is 39.5 Å². The molecule has 3 heteroatoms. The quantitative estimate of drug-likeness (QED) is 0.733. The average Bonchev–Trinajstić information content (AvgIpc) is 2.51. The van der Waals surface area contributed by atoms with Crippen molar-refractivity contribution >= 4 is 17.2 Å². The lowest BCUT2D eigenvalue weighted by atomic mass is 10.2. The molecular formula is C13H19NOS. The summed E-state index contributed by atoms with van der Waals surface area (Å²) in [7, 11) is 0. The van der Waals surface area contributed by atoms with Crippen molar-refractivity contribution in [3.05, 3.63) is 21.4 Å². The molecule has 1 saturated heterocycles. The first-order valence-electron chi connectivity index (χ1n) is 6.05. The van der Waals surface area contributed by atoms with Gasteiger partial charge in [0.15, 0.2) is 0 Å². The molecule has 2 heterocycles. The lowest BCUT2D eigenvalue weighted by molar-refractivity contribution is 0.0766. The van der Waals surface area contributed by atoms with E-state index < -0.39 is 0 Å². The normalized spacial score (nSPS) is 17.2. The lowest BCUT2D eigenvalue weighted by Crippen LogP contribution is -2.31. The summed E-state index contributed by atoms with van der Waals surface area (Å²) >= 11 is 1.63. The number of likely N-dealkylation sites (tertiary alicyclic amines) is 1. The van der Waals surface area contributed by atoms with Crippen LogP contribution in [0.4, 0.5) is 0 Å². The van der Waals surface area contributed by atoms with Gasteiger partial charge in [-0.1, -0.05) is 12.8 Å². The molecule has 0 saturated carbocycles. The first kappa shape index (κ1) is 11.6. The van der Waals surface area contributed by atoms with Crippen LogP contribution in [-0.4, -0.2) is 23.9 Å². The number of nitrogens with zero attached hydrogens (tertiary/aromatic N) is 1. The van der Waals surface area contributed by atoms with Gasteiger partial charge in [-0.25, -0.2) is 0 Å². The first-order chi connectivity index (χ1) is 7.68. The molecule has 0 bridgehead atoms. The topological polar surface area (TPSA) is 20.3 Å². The third kappa shape index (κ3) is 2.46. The summed E-state index contributed by atoms with van der Waals surface area (Å²) in [4.78, 5) is 16.5. The van der Waals surface area contributed by atoms with E-state index in [1.807, 2.05) is 11.0 Å². The molecule has 1 aromatic heterocycles. The Morgan fingerprint density at radius 2 is 1.81 bits per heavy atom. The SMILES string of the molecule is Cc1cc(C(=O)N2CCCCCC2)sc1C. The number of rotatable bonds is 1. The van der Waals surface area contributed by atoms with Crippen molar-refractivity contribution in [1.82, 2.24) is 4.90 Å². The van der Waals surface area contributed by atoms with Crippen LogP contribution in [-0.2, 0) is 0 Å². The number of thiophene rings is 1. The number of carbonyl (C=O) groups excluding carboxylic acids is 1. The third-order valence-electron chi connectivity index (χ3n) is 3.27. The maximum atomic E-state index is 12.3. The Morgan fingerprint density at radius 3 is 2.31 bits per heavy atom. The average molecular weight is 237 g/mol. The molecule has 2 nitrogen and oxygen atoms in total. The van der Waals surface area contributed by atoms with Gasteiger partial charge < -0.3 is 4.90 Å². The Balaban J connectivity index is 2.11. The summed E-state index contributed by atoms with van der Waals surface area (Å²) in [6, 6.07) is 2.03. The monoisotopic (exact) mass is 237 g/mol. The van der Waals surface area contributed by atoms with E-state index in [4.69, 9.17) is 0 Å². The van der Waals surface area contributed by atoms with Crippen molar-refractivity contribution < 1.29 is 4.79 Å². The predicted octanol–water partition coefficient (Wildman–Crippen LogP) is 3.38. The standard InChI is InChI=1S/C13H19NOS/c1-10-9-12(16-11(10)2)13(15)14-7-5-3-4-6-8-14/h9H,3-8H2,1-2H3. The van der Waals surface area contributed by atoms with E-state index >= 15 is 0 Å². The molecule has 1 aliphatic heterocycles. The second-order valence-corrected chi connectivity index (χ2v) is 5.81. The second kappa shape index (κ2) is 5.00. The second-order valence-electron chi connectivity index (χ2n) is 4.56. The van der Waals surface area contributed by atoms with Crippen LogP contribution in [0.5, 0.6) is 0 Å². The molecule has 0 radical (unpaired) electrons. The number of carbonyl (C=O) groups is 1. The Bertz CT molecular complexity index is 356. The molecule has 0 aromatic carbocycles. The molecule has 1 aliphatic rings. The van der Waals surface area contributed by atoms with Gasteiger partial charge >= 0.3 is 0 Å². The fourth-order valence-electron chi connectivity index (χ4n) is 2.11. The smallest absolute Gasteiger partial charge is 0.263 e. The zero-order valence-corrected chi connectivity index (χ0v) is 10.9. The van der Waals surface area contributed by atoms with E-state index in [0.29, 0.717) is 0 Å². The molecule has 2 rings (SSSR count). The van der Waals surface area contributed by atoms with Gasteiger partial charge in [-0.05, 0) is 38.3 Å². The van der Waals surface area contributed by atoms with Gasteiger partial charge in [0.25, 0.3) is 5.91 Å². The van der Waals surface area contributed by atoms with Gasteiger partial charge in [0, 0.05) is 18.0 Å². The minimum atomic E-state index is 0.239. The van der Waals surface area contributed by atoms with E-state index in [9.17, 15) is 4.79 Å². The van der Waals surface area contributed by atoms with Gasteiger partial charge in [-0.15, -0.1) is 11.3 Å². The number of hydrogen-bond acceptors (Lipinski definition) is 2. The van der Waals surface area contributed by atoms with Crippen LogP contribution in [0, 0.1) is 13.8 Å². The van der Waals surface area contributed by atoms with Crippen LogP contribution < -0.4 is 0 Å². The largest absolute Gasteiger partial charge is 0.338 e. The predicted molar refractivity (Wildman–Crippen MR) is 68.2 cm³/mol. The highest BCUT2D eigenvalue weighted by atomic mass is 32.1. The van der Waals surface area contributed by atoms with Crippen molar-refractivity contribution in [3.63, 3.8) is 0 Å². The Morgan fingerprint density at radius 1 is 1.19 bits per heavy atom. The van der Waals surface area contributed by atoms with E-state index in [-0.39, 0.29) is 5.91 Å². The van der Waals surface area contributed by atoms with E-state index in [2.05, 4.69) is 13.8 Å². The molecule has 1 aromatic rings. The molecule has 1 amide bonds. The molecule has 0 aliphatic carbocycles. The summed E-state index contributed by atoms with van der Waals surface area (Å²) < 4.78 is 0. The maximum absolute atomic E-state index is 12.3. The summed E-state index contributed by atoms with van der Waals surface area (Å²) in [6.45, 7) is 6.04. The van der Waals surface area contributed by atoms with Crippen molar-refractivity contribution in [2.75, 3.05) is 13.1 Å². The Hall–Kier alpha value is -0.830. The number of aryl methyl sites for hydroxylation is 2. The highest BCUT2D eigenvalue weighted by molar-refractivity contribution is 7.14. The minimum Gasteiger partial charge on any atom is -0.338 e. The molecule has 88 valence electrons. The van der Waals surface area contributed by atoms with Crippen LogP contribution in [0.3, 0.4) is 0 Å². The molecular weight excluding hydrogens is 218 g/mol. The highest BCUT2D eigenvalue weighted by Crippen LogP contribution is 2.23. The summed E-state index contributed by atoms with van der Waals surface area (Å²) in [5.41, 5.74) is 1.24. The van der Waals surface area contributed by atoms with Crippen LogP contribution in [0.2, 0.25) is 0 Å². The fourth-order valence-corrected chi connectivity index (χ4v) is 3.11. The minimum absolute atomic E-state index is 0.239. The lowest BCUT2D eigenvalue weighted by Gasteiger charge is -2.19. The van der Waals surface area contributed by atoms with Crippen LogP contribution in [0.1, 0.15) is 45.8 Å². The summed E-state index contributed by atoms with van der Waals surface area (Å²) in [5, 5.41) is 0. The van der Waals surface area contributed by atoms with Crippen molar-refractivity contribution in [3.8, 4) is 0 Å². The molecule has 0 unspecified atom stereocenters. The van der Waals surface area contributed by atoms with Gasteiger partial charge in [-0.3, -0.25) is 4.79 Å². The zero-order chi connectivity index (χ0) is 11.5. The van der Waals surface area contributed by atoms with E-state index in [1.54, 1.807) is 11.3 Å². The van der Waals surface area contributed by atoms with Gasteiger partial charge in [-0.2, -0.15) is 0 Å². The Labute approximate surface area is 101 Å². The molecule has 0 N–H and O–H groups in total. The third-order valence-corrected chi connectivity index (χ3v) is 4.41. The van der Waals surface area contributed by atoms with Gasteiger partial charge in [0.2, 0.25) is 0 Å². The van der Waals surface area contributed by atoms with Crippen LogP contribution in [0.15, 0.2) is 6.07 Å². The fraction of sp³-hybridized carbons (Fsp3) is 0.615. The Kier molecular flexibility index (Phi) is 3.64. The molecule has 0 atom stereocenters. The number of amides is 1. The van der Waals surface area contributed by atoms with Crippen molar-refractivity contribution in [2.24, 2.45) is 0 Å². The maximum Gasteiger partial charge on any atom is 0.263 e. The van der Waals surface area contributed by atoms with E-state index in [0.717, 1.165) is 30.8 Å². The molecule has 16 heavy (non-hydrogen) atoms. The van der Waals surface area contributed by atoms with Crippen LogP contribution >= 0.6 is 11.3 Å². The molecule has 0 spiro atoms. The van der Waals surface area contributed by atoms with E-state index in [1.165, 1.54) is 23.3 Å². The van der Waals surface area contributed by atoms with Crippen LogP contribution in [0.25, 0.3) is 0 Å².